The van der Waals surface area contributed by atoms with Gasteiger partial charge in [0.1, 0.15) is 17.8 Å². The predicted octanol–water partition coefficient (Wildman–Crippen LogP) is 3.90. The second-order valence-electron chi connectivity index (χ2n) is 6.11. The van der Waals surface area contributed by atoms with E-state index >= 15 is 0 Å². The van der Waals surface area contributed by atoms with Gasteiger partial charge in [-0.05, 0) is 36.8 Å². The van der Waals surface area contributed by atoms with Gasteiger partial charge in [-0.15, -0.1) is 10.2 Å². The van der Waals surface area contributed by atoms with Crippen LogP contribution in [0.3, 0.4) is 0 Å². The predicted molar refractivity (Wildman–Crippen MR) is 93.6 cm³/mol. The van der Waals surface area contributed by atoms with Gasteiger partial charge in [-0.25, -0.2) is 14.4 Å². The summed E-state index contributed by atoms with van der Waals surface area (Å²) in [4.78, 5) is 7.83. The number of fused-ring (bicyclic) bond motifs is 1. The molecule has 3 aromatic heterocycles. The molecule has 0 aliphatic heterocycles. The van der Waals surface area contributed by atoms with E-state index < -0.39 is 17.7 Å². The first kappa shape index (κ1) is 17.8. The molecule has 142 valence electrons. The summed E-state index contributed by atoms with van der Waals surface area (Å²) in [6, 6.07) is 7.90. The third-order valence-electron chi connectivity index (χ3n) is 4.11. The SMILES string of the molecule is Cc1cc(-c2c(-c3cccc(F)c3)nc(N)n3cnnc23)cc(C(F)(F)F)n1. The van der Waals surface area contributed by atoms with Crippen molar-refractivity contribution in [3.8, 4) is 22.4 Å². The number of pyridine rings is 1. The third-order valence-corrected chi connectivity index (χ3v) is 4.11. The van der Waals surface area contributed by atoms with Crippen LogP contribution in [0.5, 0.6) is 0 Å². The van der Waals surface area contributed by atoms with Gasteiger partial charge in [-0.2, -0.15) is 13.2 Å². The molecule has 0 unspecified atom stereocenters. The van der Waals surface area contributed by atoms with E-state index in [0.717, 1.165) is 6.07 Å². The van der Waals surface area contributed by atoms with Gasteiger partial charge in [0.2, 0.25) is 5.95 Å². The Morgan fingerprint density at radius 1 is 1.04 bits per heavy atom. The molecule has 0 amide bonds. The summed E-state index contributed by atoms with van der Waals surface area (Å²) in [5, 5.41) is 7.76. The van der Waals surface area contributed by atoms with Gasteiger partial charge in [0.25, 0.3) is 0 Å². The fraction of sp³-hybridized carbons (Fsp3) is 0.111. The van der Waals surface area contributed by atoms with E-state index in [4.69, 9.17) is 5.73 Å². The molecule has 10 heteroatoms. The Bertz CT molecular complexity index is 1200. The quantitative estimate of drug-likeness (QED) is 0.527. The minimum Gasteiger partial charge on any atom is -0.369 e. The zero-order chi connectivity index (χ0) is 20.1. The monoisotopic (exact) mass is 388 g/mol. The lowest BCUT2D eigenvalue weighted by atomic mass is 9.99. The normalized spacial score (nSPS) is 11.9. The highest BCUT2D eigenvalue weighted by Gasteiger charge is 2.33. The van der Waals surface area contributed by atoms with Crippen molar-refractivity contribution in [1.29, 1.82) is 0 Å². The topological polar surface area (TPSA) is 82.0 Å². The van der Waals surface area contributed by atoms with E-state index in [-0.39, 0.29) is 34.1 Å². The van der Waals surface area contributed by atoms with E-state index in [9.17, 15) is 17.6 Å². The molecule has 0 radical (unpaired) electrons. The number of nitrogens with two attached hydrogens (primary N) is 1. The second-order valence-corrected chi connectivity index (χ2v) is 6.11. The molecule has 0 aliphatic carbocycles. The largest absolute Gasteiger partial charge is 0.433 e. The smallest absolute Gasteiger partial charge is 0.369 e. The van der Waals surface area contributed by atoms with Crippen LogP contribution < -0.4 is 5.73 Å². The number of rotatable bonds is 2. The van der Waals surface area contributed by atoms with Crippen molar-refractivity contribution >= 4 is 11.6 Å². The lowest BCUT2D eigenvalue weighted by molar-refractivity contribution is -0.141. The molecule has 0 saturated carbocycles. The van der Waals surface area contributed by atoms with Gasteiger partial charge >= 0.3 is 6.18 Å². The minimum absolute atomic E-state index is 0.0184. The van der Waals surface area contributed by atoms with Crippen LogP contribution in [0.2, 0.25) is 0 Å². The summed E-state index contributed by atoms with van der Waals surface area (Å²) in [6.07, 6.45) is -3.33. The van der Waals surface area contributed by atoms with Crippen molar-refractivity contribution in [2.24, 2.45) is 0 Å². The first-order valence-electron chi connectivity index (χ1n) is 8.05. The summed E-state index contributed by atoms with van der Waals surface area (Å²) in [5.41, 5.74) is 6.19. The van der Waals surface area contributed by atoms with Crippen LogP contribution in [0.25, 0.3) is 28.0 Å². The molecule has 1 aromatic carbocycles. The first-order valence-corrected chi connectivity index (χ1v) is 8.05. The number of nitrogen functional groups attached to an aromatic ring is 1. The summed E-state index contributed by atoms with van der Waals surface area (Å²) in [7, 11) is 0. The van der Waals surface area contributed by atoms with Crippen LogP contribution in [0, 0.1) is 12.7 Å². The van der Waals surface area contributed by atoms with Gasteiger partial charge in [-0.1, -0.05) is 12.1 Å². The molecule has 6 nitrogen and oxygen atoms in total. The lowest BCUT2D eigenvalue weighted by Gasteiger charge is -2.14. The number of aryl methyl sites for hydroxylation is 1. The zero-order valence-electron chi connectivity index (χ0n) is 14.4. The highest BCUT2D eigenvalue weighted by atomic mass is 19.4. The molecule has 0 saturated heterocycles. The molecule has 28 heavy (non-hydrogen) atoms. The number of halogens is 4. The number of anilines is 1. The Labute approximate surface area is 155 Å². The van der Waals surface area contributed by atoms with Crippen molar-refractivity contribution in [2.75, 3.05) is 5.73 Å². The van der Waals surface area contributed by atoms with Gasteiger partial charge in [0.15, 0.2) is 5.65 Å². The third kappa shape index (κ3) is 3.02. The van der Waals surface area contributed by atoms with Gasteiger partial charge in [-0.3, -0.25) is 4.40 Å². The first-order chi connectivity index (χ1) is 13.2. The Morgan fingerprint density at radius 2 is 1.82 bits per heavy atom. The van der Waals surface area contributed by atoms with Gasteiger partial charge < -0.3 is 5.73 Å². The van der Waals surface area contributed by atoms with E-state index in [1.165, 1.54) is 41.9 Å². The minimum atomic E-state index is -4.63. The average molecular weight is 388 g/mol. The van der Waals surface area contributed by atoms with E-state index in [1.54, 1.807) is 6.07 Å². The van der Waals surface area contributed by atoms with Crippen molar-refractivity contribution in [3.63, 3.8) is 0 Å². The number of alkyl halides is 3. The van der Waals surface area contributed by atoms with Crippen LogP contribution in [0.15, 0.2) is 42.7 Å². The Balaban J connectivity index is 2.09. The number of hydrogen-bond acceptors (Lipinski definition) is 5. The highest BCUT2D eigenvalue weighted by molar-refractivity contribution is 5.90. The summed E-state index contributed by atoms with van der Waals surface area (Å²) in [6.45, 7) is 1.45. The number of benzene rings is 1. The van der Waals surface area contributed by atoms with Crippen LogP contribution >= 0.6 is 0 Å². The maximum Gasteiger partial charge on any atom is 0.433 e. The van der Waals surface area contributed by atoms with Crippen LogP contribution in [-0.4, -0.2) is 24.6 Å². The fourth-order valence-corrected chi connectivity index (χ4v) is 2.97. The van der Waals surface area contributed by atoms with Crippen LogP contribution in [0.4, 0.5) is 23.5 Å². The van der Waals surface area contributed by atoms with Crippen molar-refractivity contribution in [3.05, 3.63) is 59.9 Å². The maximum absolute atomic E-state index is 13.8. The molecular formula is C18H12F4N6. The van der Waals surface area contributed by atoms with Crippen molar-refractivity contribution in [2.45, 2.75) is 13.1 Å². The van der Waals surface area contributed by atoms with Crippen LogP contribution in [-0.2, 0) is 6.18 Å². The highest BCUT2D eigenvalue weighted by Crippen LogP contribution is 2.37. The zero-order valence-corrected chi connectivity index (χ0v) is 14.4. The molecule has 4 rings (SSSR count). The summed E-state index contributed by atoms with van der Waals surface area (Å²) >= 11 is 0. The molecule has 3 heterocycles. The molecule has 2 N–H and O–H groups in total. The summed E-state index contributed by atoms with van der Waals surface area (Å²) < 4.78 is 55.0. The molecule has 0 atom stereocenters. The number of hydrogen-bond donors (Lipinski definition) is 1. The Kier molecular flexibility index (Phi) is 3.98. The fourth-order valence-electron chi connectivity index (χ4n) is 2.97. The van der Waals surface area contributed by atoms with Crippen molar-refractivity contribution in [1.82, 2.24) is 24.6 Å². The molecular weight excluding hydrogens is 376 g/mol. The molecule has 0 bridgehead atoms. The molecule has 0 spiro atoms. The van der Waals surface area contributed by atoms with E-state index in [2.05, 4.69) is 20.2 Å². The van der Waals surface area contributed by atoms with Gasteiger partial charge in [0, 0.05) is 11.3 Å². The molecule has 4 aromatic rings. The van der Waals surface area contributed by atoms with Crippen LogP contribution in [0.1, 0.15) is 11.4 Å². The molecule has 0 aliphatic rings. The van der Waals surface area contributed by atoms with Crippen molar-refractivity contribution < 1.29 is 17.6 Å². The molecule has 0 fully saturated rings. The number of nitrogens with zero attached hydrogens (tertiary/aromatic N) is 5. The second kappa shape index (κ2) is 6.25. The van der Waals surface area contributed by atoms with E-state index in [0.29, 0.717) is 5.56 Å². The number of aromatic nitrogens is 5. The standard InChI is InChI=1S/C18H12F4N6/c1-9-5-11(7-13(25-9)18(20,21)22)14-15(10-3-2-4-12(19)6-10)26-17(23)28-8-24-27-16(14)28/h2-8H,1H3,(H2,23,26). The average Bonchev–Trinajstić information content (AvgIpc) is 3.10. The lowest BCUT2D eigenvalue weighted by Crippen LogP contribution is -2.10. The van der Waals surface area contributed by atoms with Gasteiger partial charge in [0.05, 0.1) is 11.3 Å². The Morgan fingerprint density at radius 3 is 2.54 bits per heavy atom. The Hall–Kier alpha value is -3.56. The van der Waals surface area contributed by atoms with E-state index in [1.807, 2.05) is 0 Å². The maximum atomic E-state index is 13.8. The summed E-state index contributed by atoms with van der Waals surface area (Å²) in [5.74, 6) is -0.503.